The Bertz CT molecular complexity index is 367. The van der Waals surface area contributed by atoms with Gasteiger partial charge in [0.15, 0.2) is 0 Å². The van der Waals surface area contributed by atoms with Crippen LogP contribution in [0.2, 0.25) is 0 Å². The molecule has 0 radical (unpaired) electrons. The standard InChI is InChI=1S/C13H17F3N2/c14-13(15,16)11-4-1-10(2-5-11)3-6-12-9-17-7-8-18-12/h1-2,4-5,12,17-18H,3,6-9H2. The second-order valence-electron chi connectivity index (χ2n) is 4.59. The first-order valence-electron chi connectivity index (χ1n) is 6.16. The molecule has 2 nitrogen and oxygen atoms in total. The molecule has 1 aromatic carbocycles. The van der Waals surface area contributed by atoms with Crippen LogP contribution in [-0.2, 0) is 12.6 Å². The van der Waals surface area contributed by atoms with E-state index in [2.05, 4.69) is 10.6 Å². The zero-order valence-electron chi connectivity index (χ0n) is 10.1. The Morgan fingerprint density at radius 1 is 1.11 bits per heavy atom. The maximum absolute atomic E-state index is 12.4. The van der Waals surface area contributed by atoms with E-state index < -0.39 is 11.7 Å². The fraction of sp³-hybridized carbons (Fsp3) is 0.538. The molecule has 1 atom stereocenters. The van der Waals surface area contributed by atoms with E-state index in [1.54, 1.807) is 12.1 Å². The highest BCUT2D eigenvalue weighted by Crippen LogP contribution is 2.29. The molecule has 1 aromatic rings. The Hall–Kier alpha value is -1.07. The minimum atomic E-state index is -4.24. The molecule has 5 heteroatoms. The number of alkyl halides is 3. The van der Waals surface area contributed by atoms with Gasteiger partial charge in [-0.1, -0.05) is 12.1 Å². The van der Waals surface area contributed by atoms with Crippen molar-refractivity contribution in [2.45, 2.75) is 25.1 Å². The van der Waals surface area contributed by atoms with Gasteiger partial charge >= 0.3 is 6.18 Å². The summed E-state index contributed by atoms with van der Waals surface area (Å²) in [6.07, 6.45) is -2.50. The predicted octanol–water partition coefficient (Wildman–Crippen LogP) is 2.20. The van der Waals surface area contributed by atoms with Crippen LogP contribution in [0.25, 0.3) is 0 Å². The van der Waals surface area contributed by atoms with Crippen LogP contribution in [0.15, 0.2) is 24.3 Å². The van der Waals surface area contributed by atoms with Gasteiger partial charge in [-0.05, 0) is 30.5 Å². The van der Waals surface area contributed by atoms with Crippen LogP contribution in [0.1, 0.15) is 17.5 Å². The van der Waals surface area contributed by atoms with Gasteiger partial charge in [-0.25, -0.2) is 0 Å². The van der Waals surface area contributed by atoms with Gasteiger partial charge in [0.1, 0.15) is 0 Å². The lowest BCUT2D eigenvalue weighted by molar-refractivity contribution is -0.137. The lowest BCUT2D eigenvalue weighted by atomic mass is 10.0. The first kappa shape index (κ1) is 13.4. The van der Waals surface area contributed by atoms with Crippen molar-refractivity contribution in [2.24, 2.45) is 0 Å². The fourth-order valence-corrected chi connectivity index (χ4v) is 2.12. The molecule has 0 amide bonds. The van der Waals surface area contributed by atoms with Crippen molar-refractivity contribution in [3.05, 3.63) is 35.4 Å². The topological polar surface area (TPSA) is 24.1 Å². The molecule has 1 unspecified atom stereocenters. The van der Waals surface area contributed by atoms with Crippen molar-refractivity contribution >= 4 is 0 Å². The van der Waals surface area contributed by atoms with Crippen molar-refractivity contribution in [3.8, 4) is 0 Å². The molecule has 0 aromatic heterocycles. The summed E-state index contributed by atoms with van der Waals surface area (Å²) in [6.45, 7) is 2.87. The number of benzene rings is 1. The van der Waals surface area contributed by atoms with Gasteiger partial charge < -0.3 is 10.6 Å². The molecule has 2 rings (SSSR count). The highest BCUT2D eigenvalue weighted by Gasteiger charge is 2.29. The summed E-state index contributed by atoms with van der Waals surface area (Å²) in [5.74, 6) is 0. The molecule has 1 saturated heterocycles. The minimum absolute atomic E-state index is 0.418. The molecule has 0 bridgehead atoms. The largest absolute Gasteiger partial charge is 0.416 e. The third-order valence-electron chi connectivity index (χ3n) is 3.19. The van der Waals surface area contributed by atoms with Crippen molar-refractivity contribution in [1.29, 1.82) is 0 Å². The fourth-order valence-electron chi connectivity index (χ4n) is 2.12. The lowest BCUT2D eigenvalue weighted by Gasteiger charge is -2.24. The van der Waals surface area contributed by atoms with Crippen LogP contribution in [0.4, 0.5) is 13.2 Å². The quantitative estimate of drug-likeness (QED) is 0.868. The maximum Gasteiger partial charge on any atom is 0.416 e. The zero-order chi connectivity index (χ0) is 13.0. The normalized spacial score (nSPS) is 20.9. The second kappa shape index (κ2) is 5.71. The SMILES string of the molecule is FC(F)(F)c1ccc(CCC2CNCCN2)cc1. The molecular formula is C13H17F3N2. The van der Waals surface area contributed by atoms with E-state index in [9.17, 15) is 13.2 Å². The van der Waals surface area contributed by atoms with Crippen molar-refractivity contribution in [1.82, 2.24) is 10.6 Å². The van der Waals surface area contributed by atoms with Crippen LogP contribution < -0.4 is 10.6 Å². The monoisotopic (exact) mass is 258 g/mol. The van der Waals surface area contributed by atoms with E-state index in [0.29, 0.717) is 6.04 Å². The van der Waals surface area contributed by atoms with Crippen LogP contribution in [0.5, 0.6) is 0 Å². The van der Waals surface area contributed by atoms with E-state index in [4.69, 9.17) is 0 Å². The molecule has 1 aliphatic heterocycles. The van der Waals surface area contributed by atoms with Crippen LogP contribution in [0.3, 0.4) is 0 Å². The Kier molecular flexibility index (Phi) is 4.24. The van der Waals surface area contributed by atoms with Gasteiger partial charge in [0, 0.05) is 25.7 Å². The summed E-state index contributed by atoms with van der Waals surface area (Å²) in [6, 6.07) is 5.86. The molecule has 0 saturated carbocycles. The number of rotatable bonds is 3. The summed E-state index contributed by atoms with van der Waals surface area (Å²) in [5, 5.41) is 6.67. The van der Waals surface area contributed by atoms with Crippen LogP contribution in [0, 0.1) is 0 Å². The van der Waals surface area contributed by atoms with Crippen LogP contribution in [-0.4, -0.2) is 25.7 Å². The number of aryl methyl sites for hydroxylation is 1. The highest BCUT2D eigenvalue weighted by atomic mass is 19.4. The Labute approximate surface area is 105 Å². The number of hydrogen-bond acceptors (Lipinski definition) is 2. The second-order valence-corrected chi connectivity index (χ2v) is 4.59. The lowest BCUT2D eigenvalue weighted by Crippen LogP contribution is -2.48. The predicted molar refractivity (Wildman–Crippen MR) is 64.4 cm³/mol. The smallest absolute Gasteiger partial charge is 0.314 e. The first-order chi connectivity index (χ1) is 8.55. The van der Waals surface area contributed by atoms with E-state index >= 15 is 0 Å². The summed E-state index contributed by atoms with van der Waals surface area (Å²) < 4.78 is 37.1. The zero-order valence-corrected chi connectivity index (χ0v) is 10.1. The van der Waals surface area contributed by atoms with Crippen molar-refractivity contribution in [3.63, 3.8) is 0 Å². The molecule has 1 aliphatic rings. The molecule has 0 spiro atoms. The third kappa shape index (κ3) is 3.71. The Morgan fingerprint density at radius 3 is 2.39 bits per heavy atom. The Balaban J connectivity index is 1.86. The van der Waals surface area contributed by atoms with Crippen molar-refractivity contribution < 1.29 is 13.2 Å². The molecule has 18 heavy (non-hydrogen) atoms. The summed E-state index contributed by atoms with van der Waals surface area (Å²) in [7, 11) is 0. The average Bonchev–Trinajstić information content (AvgIpc) is 2.37. The summed E-state index contributed by atoms with van der Waals surface area (Å²) in [4.78, 5) is 0. The molecule has 100 valence electrons. The first-order valence-corrected chi connectivity index (χ1v) is 6.16. The van der Waals surface area contributed by atoms with E-state index in [1.165, 1.54) is 0 Å². The number of piperazine rings is 1. The molecule has 1 heterocycles. The number of halogens is 3. The van der Waals surface area contributed by atoms with Crippen LogP contribution >= 0.6 is 0 Å². The van der Waals surface area contributed by atoms with E-state index in [-0.39, 0.29) is 0 Å². The van der Waals surface area contributed by atoms with Gasteiger partial charge in [-0.15, -0.1) is 0 Å². The van der Waals surface area contributed by atoms with Gasteiger partial charge in [-0.2, -0.15) is 13.2 Å². The maximum atomic E-state index is 12.4. The number of hydrogen-bond donors (Lipinski definition) is 2. The Morgan fingerprint density at radius 2 is 1.83 bits per heavy atom. The van der Waals surface area contributed by atoms with E-state index in [1.807, 2.05) is 0 Å². The van der Waals surface area contributed by atoms with E-state index in [0.717, 1.165) is 50.2 Å². The summed E-state index contributed by atoms with van der Waals surface area (Å²) in [5.41, 5.74) is 0.374. The number of nitrogens with one attached hydrogen (secondary N) is 2. The van der Waals surface area contributed by atoms with Gasteiger partial charge in [0.05, 0.1) is 5.56 Å². The average molecular weight is 258 g/mol. The third-order valence-corrected chi connectivity index (χ3v) is 3.19. The summed E-state index contributed by atoms with van der Waals surface area (Å²) >= 11 is 0. The minimum Gasteiger partial charge on any atom is -0.314 e. The van der Waals surface area contributed by atoms with Gasteiger partial charge in [-0.3, -0.25) is 0 Å². The van der Waals surface area contributed by atoms with Crippen molar-refractivity contribution in [2.75, 3.05) is 19.6 Å². The van der Waals surface area contributed by atoms with Gasteiger partial charge in [0.25, 0.3) is 0 Å². The molecule has 0 aliphatic carbocycles. The molecule has 1 fully saturated rings. The molecular weight excluding hydrogens is 241 g/mol. The molecule has 2 N–H and O–H groups in total. The van der Waals surface area contributed by atoms with Gasteiger partial charge in [0.2, 0.25) is 0 Å². The highest BCUT2D eigenvalue weighted by molar-refractivity contribution is 5.24.